The molecule has 0 saturated heterocycles. The summed E-state index contributed by atoms with van der Waals surface area (Å²) in [6.45, 7) is 4.84. The Hall–Kier alpha value is 0. The van der Waals surface area contributed by atoms with Gasteiger partial charge in [0.15, 0.2) is 0 Å². The molecule has 3 fully saturated rings. The van der Waals surface area contributed by atoms with E-state index in [2.05, 4.69) is 13.8 Å². The van der Waals surface area contributed by atoms with E-state index in [9.17, 15) is 0 Å². The third-order valence-electron chi connectivity index (χ3n) is 9.23. The zero-order chi connectivity index (χ0) is 19.6. The average Bonchev–Trinajstić information content (AvgIpc) is 2.73. The normalized spacial score (nSPS) is 34.1. The van der Waals surface area contributed by atoms with E-state index < -0.39 is 0 Å². The fourth-order valence-corrected chi connectivity index (χ4v) is 7.47. The number of rotatable bonds is 8. The molecule has 0 radical (unpaired) electrons. The molecule has 5 unspecified atom stereocenters. The summed E-state index contributed by atoms with van der Waals surface area (Å²) >= 11 is 0. The molecule has 0 aliphatic heterocycles. The lowest BCUT2D eigenvalue weighted by Crippen LogP contribution is -2.33. The second-order valence-corrected chi connectivity index (χ2v) is 11.3. The van der Waals surface area contributed by atoms with Crippen LogP contribution in [0.5, 0.6) is 0 Å². The number of fused-ring (bicyclic) bond motifs is 2. The van der Waals surface area contributed by atoms with Crippen molar-refractivity contribution in [2.75, 3.05) is 0 Å². The van der Waals surface area contributed by atoms with Gasteiger partial charge in [-0.25, -0.2) is 0 Å². The summed E-state index contributed by atoms with van der Waals surface area (Å²) in [5.41, 5.74) is 0. The third kappa shape index (κ3) is 7.05. The van der Waals surface area contributed by atoms with Gasteiger partial charge in [0.1, 0.15) is 0 Å². The zero-order valence-corrected chi connectivity index (χ0v) is 19.6. The monoisotopic (exact) mass is 388 g/mol. The molecule has 0 aromatic heterocycles. The first kappa shape index (κ1) is 22.7. The van der Waals surface area contributed by atoms with Gasteiger partial charge in [-0.3, -0.25) is 0 Å². The van der Waals surface area contributed by atoms with Crippen molar-refractivity contribution in [3.8, 4) is 0 Å². The molecule has 3 aliphatic carbocycles. The van der Waals surface area contributed by atoms with Crippen LogP contribution >= 0.6 is 0 Å². The number of hydrogen-bond acceptors (Lipinski definition) is 0. The van der Waals surface area contributed by atoms with E-state index in [1.54, 1.807) is 57.8 Å². The molecule has 3 aliphatic rings. The van der Waals surface area contributed by atoms with Crippen molar-refractivity contribution in [1.82, 2.24) is 0 Å². The van der Waals surface area contributed by atoms with Gasteiger partial charge >= 0.3 is 0 Å². The summed E-state index contributed by atoms with van der Waals surface area (Å²) < 4.78 is 0. The topological polar surface area (TPSA) is 0 Å². The molecule has 0 spiro atoms. The summed E-state index contributed by atoms with van der Waals surface area (Å²) in [4.78, 5) is 0. The maximum atomic E-state index is 2.50. The highest BCUT2D eigenvalue weighted by Crippen LogP contribution is 2.48. The van der Waals surface area contributed by atoms with E-state index >= 15 is 0 Å². The molecular formula is C28H52. The van der Waals surface area contributed by atoms with Crippen molar-refractivity contribution in [2.45, 2.75) is 142 Å². The minimum absolute atomic E-state index is 0.969. The molecule has 0 amide bonds. The molecule has 0 aromatic rings. The summed E-state index contributed by atoms with van der Waals surface area (Å²) in [5, 5.41) is 0. The van der Waals surface area contributed by atoms with Crippen molar-refractivity contribution in [1.29, 1.82) is 0 Å². The molecule has 0 N–H and O–H groups in total. The maximum Gasteiger partial charge on any atom is -0.0357 e. The molecule has 2 bridgehead atoms. The molecule has 0 aromatic carbocycles. The van der Waals surface area contributed by atoms with E-state index in [1.165, 1.54) is 70.6 Å². The van der Waals surface area contributed by atoms with E-state index in [0.29, 0.717) is 0 Å². The molecule has 0 heteroatoms. The average molecular weight is 389 g/mol. The molecule has 0 heterocycles. The largest absolute Gasteiger partial charge is 0.0654 e. The Bertz CT molecular complexity index is 393. The Morgan fingerprint density at radius 3 is 2.04 bits per heavy atom. The highest BCUT2D eigenvalue weighted by Gasteiger charge is 2.37. The molecule has 5 atom stereocenters. The Labute approximate surface area is 178 Å². The molecule has 3 rings (SSSR count). The second-order valence-electron chi connectivity index (χ2n) is 11.3. The van der Waals surface area contributed by atoms with Gasteiger partial charge in [0, 0.05) is 0 Å². The van der Waals surface area contributed by atoms with Crippen LogP contribution in [0, 0.1) is 35.5 Å². The van der Waals surface area contributed by atoms with Crippen molar-refractivity contribution >= 4 is 0 Å². The fourth-order valence-electron chi connectivity index (χ4n) is 7.47. The first-order valence-electron chi connectivity index (χ1n) is 13.8. The van der Waals surface area contributed by atoms with Crippen molar-refractivity contribution in [2.24, 2.45) is 35.5 Å². The van der Waals surface area contributed by atoms with Gasteiger partial charge in [-0.1, -0.05) is 117 Å². The SMILES string of the molecule is CCCCC(C)CCCC1CCC2CC1CCCCCCC2C1CCCCC1. The molecule has 164 valence electrons. The predicted molar refractivity (Wildman–Crippen MR) is 125 cm³/mol. The van der Waals surface area contributed by atoms with Gasteiger partial charge in [-0.2, -0.15) is 0 Å². The lowest BCUT2D eigenvalue weighted by atomic mass is 9.62. The van der Waals surface area contributed by atoms with Gasteiger partial charge in [0.05, 0.1) is 0 Å². The standard InChI is InChI=1S/C28H52/c1-3-4-13-23(2)14-12-18-24-20-21-27-22-26(24)17-8-5-6-11-19-28(27)25-15-9-7-10-16-25/h23-28H,3-22H2,1-2H3. The Kier molecular flexibility index (Phi) is 10.2. The summed E-state index contributed by atoms with van der Waals surface area (Å²) in [7, 11) is 0. The molecule has 0 nitrogen and oxygen atoms in total. The van der Waals surface area contributed by atoms with Crippen LogP contribution in [0.4, 0.5) is 0 Å². The van der Waals surface area contributed by atoms with E-state index in [-0.39, 0.29) is 0 Å². The van der Waals surface area contributed by atoms with Gasteiger partial charge in [-0.15, -0.1) is 0 Å². The van der Waals surface area contributed by atoms with Gasteiger partial charge < -0.3 is 0 Å². The van der Waals surface area contributed by atoms with Gasteiger partial charge in [-0.05, 0) is 61.2 Å². The van der Waals surface area contributed by atoms with Crippen LogP contribution in [0.2, 0.25) is 0 Å². The maximum absolute atomic E-state index is 2.50. The second kappa shape index (κ2) is 12.6. The highest BCUT2D eigenvalue weighted by molar-refractivity contribution is 4.88. The van der Waals surface area contributed by atoms with Crippen LogP contribution in [0.25, 0.3) is 0 Å². The minimum Gasteiger partial charge on any atom is -0.0654 e. The van der Waals surface area contributed by atoms with E-state index in [1.807, 2.05) is 0 Å². The Morgan fingerprint density at radius 1 is 0.643 bits per heavy atom. The van der Waals surface area contributed by atoms with Gasteiger partial charge in [0.25, 0.3) is 0 Å². The smallest absolute Gasteiger partial charge is 0.0357 e. The zero-order valence-electron chi connectivity index (χ0n) is 19.6. The molecule has 28 heavy (non-hydrogen) atoms. The van der Waals surface area contributed by atoms with Crippen LogP contribution < -0.4 is 0 Å². The molecular weight excluding hydrogens is 336 g/mol. The Balaban J connectivity index is 1.52. The Morgan fingerprint density at radius 2 is 1.29 bits per heavy atom. The number of hydrogen-bond donors (Lipinski definition) is 0. The van der Waals surface area contributed by atoms with Crippen molar-refractivity contribution in [3.05, 3.63) is 0 Å². The minimum atomic E-state index is 0.969. The summed E-state index contributed by atoms with van der Waals surface area (Å²) in [6.07, 6.45) is 30.7. The first-order valence-corrected chi connectivity index (χ1v) is 13.8. The summed E-state index contributed by atoms with van der Waals surface area (Å²) in [5.74, 6) is 6.46. The van der Waals surface area contributed by atoms with E-state index in [4.69, 9.17) is 0 Å². The predicted octanol–water partition coefficient (Wildman–Crippen LogP) is 9.57. The van der Waals surface area contributed by atoms with Crippen molar-refractivity contribution in [3.63, 3.8) is 0 Å². The van der Waals surface area contributed by atoms with Crippen LogP contribution in [0.15, 0.2) is 0 Å². The fraction of sp³-hybridized carbons (Fsp3) is 1.00. The van der Waals surface area contributed by atoms with Crippen LogP contribution in [0.1, 0.15) is 142 Å². The highest BCUT2D eigenvalue weighted by atomic mass is 14.4. The van der Waals surface area contributed by atoms with Gasteiger partial charge in [0.2, 0.25) is 0 Å². The molecule has 3 saturated carbocycles. The van der Waals surface area contributed by atoms with Crippen LogP contribution in [-0.2, 0) is 0 Å². The van der Waals surface area contributed by atoms with Crippen molar-refractivity contribution < 1.29 is 0 Å². The quantitative estimate of drug-likeness (QED) is 0.388. The summed E-state index contributed by atoms with van der Waals surface area (Å²) in [6, 6.07) is 0. The van der Waals surface area contributed by atoms with Crippen LogP contribution in [-0.4, -0.2) is 0 Å². The third-order valence-corrected chi connectivity index (χ3v) is 9.23. The lowest BCUT2D eigenvalue weighted by molar-refractivity contribution is 0.0687. The van der Waals surface area contributed by atoms with Crippen LogP contribution in [0.3, 0.4) is 0 Å². The number of unbranched alkanes of at least 4 members (excludes halogenated alkanes) is 1. The first-order chi connectivity index (χ1) is 13.8. The lowest BCUT2D eigenvalue weighted by Gasteiger charge is -2.44. The van der Waals surface area contributed by atoms with E-state index in [0.717, 1.165) is 35.5 Å².